The standard InChI is InChI=1S/C14H12N4O2S/c1-20-13(19)9-5-4-6-10(15)12(9)21-14-17-16-11-7-2-3-8-18(11)14/h2-8H,15H2,1H3. The van der Waals surface area contributed by atoms with Gasteiger partial charge in [0.25, 0.3) is 0 Å². The lowest BCUT2D eigenvalue weighted by atomic mass is 10.2. The molecule has 0 atom stereocenters. The van der Waals surface area contributed by atoms with Crippen molar-refractivity contribution in [1.29, 1.82) is 0 Å². The molecule has 2 heterocycles. The molecule has 0 aliphatic rings. The molecule has 0 aliphatic carbocycles. The molecule has 0 radical (unpaired) electrons. The molecule has 0 saturated carbocycles. The minimum absolute atomic E-state index is 0.412. The molecule has 2 aromatic heterocycles. The number of aromatic nitrogens is 3. The van der Waals surface area contributed by atoms with Gasteiger partial charge in [0, 0.05) is 11.9 Å². The quantitative estimate of drug-likeness (QED) is 0.590. The first kappa shape index (κ1) is 13.4. The van der Waals surface area contributed by atoms with Gasteiger partial charge < -0.3 is 10.5 Å². The van der Waals surface area contributed by atoms with Crippen molar-refractivity contribution in [2.75, 3.05) is 12.8 Å². The van der Waals surface area contributed by atoms with Crippen molar-refractivity contribution in [3.8, 4) is 0 Å². The van der Waals surface area contributed by atoms with Crippen molar-refractivity contribution < 1.29 is 9.53 Å². The van der Waals surface area contributed by atoms with Crippen molar-refractivity contribution in [2.45, 2.75) is 10.1 Å². The highest BCUT2D eigenvalue weighted by Gasteiger charge is 2.17. The summed E-state index contributed by atoms with van der Waals surface area (Å²) in [5.74, 6) is -0.432. The zero-order valence-corrected chi connectivity index (χ0v) is 12.0. The van der Waals surface area contributed by atoms with Gasteiger partial charge in [-0.25, -0.2) is 4.79 Å². The first-order chi connectivity index (χ1) is 10.2. The van der Waals surface area contributed by atoms with Gasteiger partial charge in [0.05, 0.1) is 17.6 Å². The highest BCUT2D eigenvalue weighted by Crippen LogP contribution is 2.34. The van der Waals surface area contributed by atoms with Gasteiger partial charge in [-0.1, -0.05) is 12.1 Å². The number of ether oxygens (including phenoxy) is 1. The van der Waals surface area contributed by atoms with E-state index in [0.717, 1.165) is 5.65 Å². The SMILES string of the molecule is COC(=O)c1cccc(N)c1Sc1nnc2ccccn12. The van der Waals surface area contributed by atoms with Gasteiger partial charge in [0.1, 0.15) is 0 Å². The van der Waals surface area contributed by atoms with Gasteiger partial charge in [-0.2, -0.15) is 0 Å². The maximum absolute atomic E-state index is 11.8. The third-order valence-corrected chi connectivity index (χ3v) is 4.05. The Morgan fingerprint density at radius 1 is 1.24 bits per heavy atom. The fraction of sp³-hybridized carbons (Fsp3) is 0.0714. The van der Waals surface area contributed by atoms with E-state index in [1.54, 1.807) is 18.2 Å². The third kappa shape index (κ3) is 2.43. The number of carbonyl (C=O) groups is 1. The second kappa shape index (κ2) is 5.45. The number of pyridine rings is 1. The van der Waals surface area contributed by atoms with E-state index in [1.165, 1.54) is 18.9 Å². The first-order valence-corrected chi connectivity index (χ1v) is 6.97. The number of rotatable bonds is 3. The second-order valence-corrected chi connectivity index (χ2v) is 5.21. The normalized spacial score (nSPS) is 10.7. The number of nitrogens with zero attached hydrogens (tertiary/aromatic N) is 3. The Labute approximate surface area is 124 Å². The van der Waals surface area contributed by atoms with Crippen molar-refractivity contribution in [2.24, 2.45) is 0 Å². The Kier molecular flexibility index (Phi) is 3.49. The van der Waals surface area contributed by atoms with E-state index in [2.05, 4.69) is 10.2 Å². The molecule has 21 heavy (non-hydrogen) atoms. The molecular formula is C14H12N4O2S. The topological polar surface area (TPSA) is 82.5 Å². The number of nitrogens with two attached hydrogens (primary N) is 1. The van der Waals surface area contributed by atoms with E-state index in [4.69, 9.17) is 10.5 Å². The number of hydrogen-bond donors (Lipinski definition) is 1. The average molecular weight is 300 g/mol. The molecule has 3 rings (SSSR count). The van der Waals surface area contributed by atoms with Crippen LogP contribution in [0.2, 0.25) is 0 Å². The second-order valence-electron chi connectivity index (χ2n) is 4.23. The summed E-state index contributed by atoms with van der Waals surface area (Å²) in [5, 5.41) is 8.83. The van der Waals surface area contributed by atoms with Gasteiger partial charge in [-0.05, 0) is 36.0 Å². The summed E-state index contributed by atoms with van der Waals surface area (Å²) < 4.78 is 6.62. The van der Waals surface area contributed by atoms with Crippen molar-refractivity contribution in [1.82, 2.24) is 14.6 Å². The summed E-state index contributed by atoms with van der Waals surface area (Å²) in [5.41, 5.74) is 7.63. The molecule has 7 heteroatoms. The molecule has 0 saturated heterocycles. The zero-order valence-electron chi connectivity index (χ0n) is 11.2. The van der Waals surface area contributed by atoms with Crippen LogP contribution in [0.1, 0.15) is 10.4 Å². The van der Waals surface area contributed by atoms with Crippen LogP contribution in [0.5, 0.6) is 0 Å². The Hall–Kier alpha value is -2.54. The zero-order chi connectivity index (χ0) is 14.8. The molecule has 2 N–H and O–H groups in total. The lowest BCUT2D eigenvalue weighted by Crippen LogP contribution is -2.05. The number of benzene rings is 1. The van der Waals surface area contributed by atoms with Crippen molar-refractivity contribution in [3.05, 3.63) is 48.2 Å². The van der Waals surface area contributed by atoms with Gasteiger partial charge in [0.2, 0.25) is 5.16 Å². The molecule has 6 nitrogen and oxygen atoms in total. The van der Waals surface area contributed by atoms with Crippen LogP contribution in [0.15, 0.2) is 52.6 Å². The molecule has 3 aromatic rings. The lowest BCUT2D eigenvalue weighted by molar-refractivity contribution is 0.0597. The van der Waals surface area contributed by atoms with Crippen LogP contribution in [-0.4, -0.2) is 27.7 Å². The smallest absolute Gasteiger partial charge is 0.339 e. The predicted octanol–water partition coefficient (Wildman–Crippen LogP) is 2.25. The van der Waals surface area contributed by atoms with E-state index in [-0.39, 0.29) is 0 Å². The van der Waals surface area contributed by atoms with Gasteiger partial charge in [-0.3, -0.25) is 4.40 Å². The van der Waals surface area contributed by atoms with Crippen LogP contribution in [0.3, 0.4) is 0 Å². The number of carbonyl (C=O) groups excluding carboxylic acids is 1. The minimum Gasteiger partial charge on any atom is -0.465 e. The summed E-state index contributed by atoms with van der Waals surface area (Å²) >= 11 is 1.28. The maximum Gasteiger partial charge on any atom is 0.339 e. The fourth-order valence-electron chi connectivity index (χ4n) is 1.92. The molecular weight excluding hydrogens is 288 g/mol. The highest BCUT2D eigenvalue weighted by molar-refractivity contribution is 7.99. The van der Waals surface area contributed by atoms with Crippen LogP contribution in [0, 0.1) is 0 Å². The molecule has 0 unspecified atom stereocenters. The lowest BCUT2D eigenvalue weighted by Gasteiger charge is -2.09. The average Bonchev–Trinajstić information content (AvgIpc) is 2.92. The van der Waals surface area contributed by atoms with E-state index in [0.29, 0.717) is 21.3 Å². The monoisotopic (exact) mass is 300 g/mol. The molecule has 0 aliphatic heterocycles. The Balaban J connectivity index is 2.07. The third-order valence-electron chi connectivity index (χ3n) is 2.93. The van der Waals surface area contributed by atoms with Gasteiger partial charge >= 0.3 is 5.97 Å². The largest absolute Gasteiger partial charge is 0.465 e. The number of anilines is 1. The number of esters is 1. The van der Waals surface area contributed by atoms with Gasteiger partial charge in [0.15, 0.2) is 5.65 Å². The molecule has 1 aromatic carbocycles. The molecule has 0 spiro atoms. The molecule has 106 valence electrons. The van der Waals surface area contributed by atoms with Crippen molar-refractivity contribution in [3.63, 3.8) is 0 Å². The van der Waals surface area contributed by atoms with E-state index < -0.39 is 5.97 Å². The highest BCUT2D eigenvalue weighted by atomic mass is 32.2. The fourth-order valence-corrected chi connectivity index (χ4v) is 2.88. The minimum atomic E-state index is -0.432. The van der Waals surface area contributed by atoms with Gasteiger partial charge in [-0.15, -0.1) is 10.2 Å². The number of nitrogen functional groups attached to an aromatic ring is 1. The van der Waals surface area contributed by atoms with E-state index >= 15 is 0 Å². The Morgan fingerprint density at radius 3 is 2.90 bits per heavy atom. The number of methoxy groups -OCH3 is 1. The van der Waals surface area contributed by atoms with Crippen LogP contribution >= 0.6 is 11.8 Å². The predicted molar refractivity (Wildman–Crippen MR) is 79.3 cm³/mol. The molecule has 0 bridgehead atoms. The van der Waals surface area contributed by atoms with Crippen LogP contribution in [-0.2, 0) is 4.74 Å². The van der Waals surface area contributed by atoms with E-state index in [1.807, 2.05) is 28.8 Å². The molecule has 0 amide bonds. The Bertz CT molecular complexity index is 816. The molecule has 0 fully saturated rings. The summed E-state index contributed by atoms with van der Waals surface area (Å²) in [4.78, 5) is 12.5. The van der Waals surface area contributed by atoms with Crippen LogP contribution in [0.25, 0.3) is 5.65 Å². The Morgan fingerprint density at radius 2 is 2.10 bits per heavy atom. The number of fused-ring (bicyclic) bond motifs is 1. The number of hydrogen-bond acceptors (Lipinski definition) is 6. The summed E-state index contributed by atoms with van der Waals surface area (Å²) in [7, 11) is 1.34. The van der Waals surface area contributed by atoms with E-state index in [9.17, 15) is 4.79 Å². The summed E-state index contributed by atoms with van der Waals surface area (Å²) in [6.07, 6.45) is 1.86. The van der Waals surface area contributed by atoms with Crippen LogP contribution in [0.4, 0.5) is 5.69 Å². The first-order valence-electron chi connectivity index (χ1n) is 6.15. The summed E-state index contributed by atoms with van der Waals surface area (Å²) in [6.45, 7) is 0. The maximum atomic E-state index is 11.8. The van der Waals surface area contributed by atoms with Crippen LogP contribution < -0.4 is 5.73 Å². The summed E-state index contributed by atoms with van der Waals surface area (Å²) in [6, 6.07) is 10.7. The van der Waals surface area contributed by atoms with Crippen molar-refractivity contribution >= 4 is 29.1 Å².